The average Bonchev–Trinajstić information content (AvgIpc) is 3.56. The summed E-state index contributed by atoms with van der Waals surface area (Å²) < 4.78 is 68.1. The molecule has 0 aliphatic rings. The number of hydrogen-bond acceptors (Lipinski definition) is 15. The molecule has 86 heavy (non-hydrogen) atoms. The Labute approximate surface area is 524 Å². The summed E-state index contributed by atoms with van der Waals surface area (Å²) in [6, 6.07) is 0. The monoisotopic (exact) mass is 1270 g/mol. The molecule has 0 rings (SSSR count). The van der Waals surface area contributed by atoms with E-state index in [9.17, 15) is 43.2 Å². The summed E-state index contributed by atoms with van der Waals surface area (Å²) in [6.07, 6.45) is 43.3. The van der Waals surface area contributed by atoms with Gasteiger partial charge in [-0.05, 0) is 37.5 Å². The summed E-state index contributed by atoms with van der Waals surface area (Å²) in [5, 5.41) is 10.5. The third kappa shape index (κ3) is 60.9. The molecule has 0 saturated heterocycles. The Balaban J connectivity index is 5.20. The van der Waals surface area contributed by atoms with Crippen LogP contribution in [-0.2, 0) is 65.4 Å². The maximum absolute atomic E-state index is 13.0. The molecule has 0 bridgehead atoms. The van der Waals surface area contributed by atoms with Crippen LogP contribution in [0.4, 0.5) is 0 Å². The van der Waals surface area contributed by atoms with Crippen molar-refractivity contribution >= 4 is 39.5 Å². The van der Waals surface area contributed by atoms with Crippen LogP contribution >= 0.6 is 15.6 Å². The van der Waals surface area contributed by atoms with E-state index >= 15 is 0 Å². The van der Waals surface area contributed by atoms with Gasteiger partial charge >= 0.3 is 39.5 Å². The van der Waals surface area contributed by atoms with Gasteiger partial charge in [-0.15, -0.1) is 0 Å². The standard InChI is InChI=1S/C67H130O17P2/c1-7-9-11-13-15-17-19-20-21-22-23-24-25-27-31-40-46-52-67(72)83-62(55-77-64(69)49-43-37-32-28-29-35-41-47-59(3)4)57-81-85(73,74)79-53-61(68)54-80-86(75,76)82-58-63(56-78-65(70)50-44-38-34-33-36-42-48-60(5)6)84-66(71)51-45-39-30-26-18-16-14-12-10-8-2/h59-63,68H,7-58H2,1-6H3,(H,73,74)(H,75,76)/t61-,62-,63-/m1/s1. The van der Waals surface area contributed by atoms with Gasteiger partial charge in [0, 0.05) is 25.7 Å². The van der Waals surface area contributed by atoms with E-state index in [0.717, 1.165) is 103 Å². The number of phosphoric acid groups is 2. The van der Waals surface area contributed by atoms with Gasteiger partial charge in [0.05, 0.1) is 26.4 Å². The zero-order chi connectivity index (χ0) is 63.6. The topological polar surface area (TPSA) is 237 Å². The summed E-state index contributed by atoms with van der Waals surface area (Å²) in [5.74, 6) is -0.747. The summed E-state index contributed by atoms with van der Waals surface area (Å²) in [7, 11) is -9.89. The molecule has 5 atom stereocenters. The number of hydrogen-bond donors (Lipinski definition) is 3. The molecule has 510 valence electrons. The quantitative estimate of drug-likeness (QED) is 0.0222. The van der Waals surface area contributed by atoms with E-state index in [0.29, 0.717) is 37.5 Å². The number of ether oxygens (including phenoxy) is 4. The van der Waals surface area contributed by atoms with Gasteiger partial charge in [0.25, 0.3) is 0 Å². The molecule has 19 heteroatoms. The van der Waals surface area contributed by atoms with Crippen LogP contribution in [0.3, 0.4) is 0 Å². The summed E-state index contributed by atoms with van der Waals surface area (Å²) in [6.45, 7) is 9.38. The smallest absolute Gasteiger partial charge is 0.462 e. The van der Waals surface area contributed by atoms with Crippen LogP contribution in [0.1, 0.15) is 337 Å². The van der Waals surface area contributed by atoms with Crippen LogP contribution in [0.2, 0.25) is 0 Å². The van der Waals surface area contributed by atoms with Crippen LogP contribution in [0.25, 0.3) is 0 Å². The van der Waals surface area contributed by atoms with Crippen molar-refractivity contribution in [3.8, 4) is 0 Å². The first-order valence-electron chi connectivity index (χ1n) is 35.0. The largest absolute Gasteiger partial charge is 0.472 e. The summed E-state index contributed by atoms with van der Waals surface area (Å²) >= 11 is 0. The second kappa shape index (κ2) is 59.4. The lowest BCUT2D eigenvalue weighted by Gasteiger charge is -2.21. The highest BCUT2D eigenvalue weighted by molar-refractivity contribution is 7.47. The van der Waals surface area contributed by atoms with Crippen molar-refractivity contribution in [1.29, 1.82) is 0 Å². The summed E-state index contributed by atoms with van der Waals surface area (Å²) in [5.41, 5.74) is 0. The van der Waals surface area contributed by atoms with Crippen molar-refractivity contribution in [2.75, 3.05) is 39.6 Å². The average molecular weight is 1270 g/mol. The van der Waals surface area contributed by atoms with Gasteiger partial charge in [-0.2, -0.15) is 0 Å². The van der Waals surface area contributed by atoms with Crippen LogP contribution in [0.5, 0.6) is 0 Å². The lowest BCUT2D eigenvalue weighted by molar-refractivity contribution is -0.161. The lowest BCUT2D eigenvalue weighted by atomic mass is 10.0. The van der Waals surface area contributed by atoms with Crippen molar-refractivity contribution in [1.82, 2.24) is 0 Å². The van der Waals surface area contributed by atoms with Crippen LogP contribution in [-0.4, -0.2) is 96.7 Å². The number of esters is 4. The van der Waals surface area contributed by atoms with Gasteiger partial charge in [-0.25, -0.2) is 9.13 Å². The van der Waals surface area contributed by atoms with E-state index < -0.39 is 97.5 Å². The molecular weight excluding hydrogens is 1140 g/mol. The third-order valence-electron chi connectivity index (χ3n) is 15.5. The highest BCUT2D eigenvalue weighted by atomic mass is 31.2. The van der Waals surface area contributed by atoms with Gasteiger partial charge in [0.2, 0.25) is 0 Å². The fraction of sp³-hybridized carbons (Fsp3) is 0.940. The first-order valence-corrected chi connectivity index (χ1v) is 38.0. The highest BCUT2D eigenvalue weighted by Crippen LogP contribution is 2.45. The van der Waals surface area contributed by atoms with Crippen molar-refractivity contribution in [3.05, 3.63) is 0 Å². The van der Waals surface area contributed by atoms with Crippen LogP contribution in [0.15, 0.2) is 0 Å². The second-order valence-electron chi connectivity index (χ2n) is 25.2. The van der Waals surface area contributed by atoms with Crippen molar-refractivity contribution in [2.24, 2.45) is 11.8 Å². The first-order chi connectivity index (χ1) is 41.4. The van der Waals surface area contributed by atoms with Gasteiger partial charge in [0.1, 0.15) is 19.3 Å². The minimum atomic E-state index is -4.95. The Morgan fingerprint density at radius 1 is 0.314 bits per heavy atom. The molecule has 17 nitrogen and oxygen atoms in total. The maximum atomic E-state index is 13.0. The Morgan fingerprint density at radius 3 is 0.791 bits per heavy atom. The molecule has 0 aliphatic heterocycles. The molecule has 0 amide bonds. The Bertz CT molecular complexity index is 1680. The molecule has 0 aliphatic carbocycles. The van der Waals surface area contributed by atoms with E-state index in [2.05, 4.69) is 41.5 Å². The fourth-order valence-electron chi connectivity index (χ4n) is 10.1. The molecule has 0 fully saturated rings. The normalized spacial score (nSPS) is 14.2. The zero-order valence-corrected chi connectivity index (χ0v) is 57.4. The molecule has 0 aromatic carbocycles. The van der Waals surface area contributed by atoms with Gasteiger partial charge in [-0.3, -0.25) is 37.3 Å². The predicted octanol–water partition coefficient (Wildman–Crippen LogP) is 18.8. The third-order valence-corrected chi connectivity index (χ3v) is 17.4. The minimum absolute atomic E-state index is 0.105. The molecule has 0 spiro atoms. The maximum Gasteiger partial charge on any atom is 0.472 e. The molecule has 0 saturated carbocycles. The van der Waals surface area contributed by atoms with Crippen molar-refractivity contribution in [2.45, 2.75) is 355 Å². The number of aliphatic hydroxyl groups is 1. The molecular formula is C67H130O17P2. The first kappa shape index (κ1) is 84.1. The van der Waals surface area contributed by atoms with Crippen LogP contribution < -0.4 is 0 Å². The molecule has 0 heterocycles. The summed E-state index contributed by atoms with van der Waals surface area (Å²) in [4.78, 5) is 72.3. The van der Waals surface area contributed by atoms with E-state index in [1.165, 1.54) is 141 Å². The fourth-order valence-corrected chi connectivity index (χ4v) is 11.6. The number of aliphatic hydroxyl groups excluding tert-OH is 1. The predicted molar refractivity (Wildman–Crippen MR) is 345 cm³/mol. The lowest BCUT2D eigenvalue weighted by Crippen LogP contribution is -2.30. The van der Waals surface area contributed by atoms with Gasteiger partial charge < -0.3 is 33.8 Å². The number of rotatable bonds is 66. The molecule has 2 unspecified atom stereocenters. The van der Waals surface area contributed by atoms with E-state index in [4.69, 9.17) is 37.0 Å². The van der Waals surface area contributed by atoms with Crippen molar-refractivity contribution < 1.29 is 80.2 Å². The number of carbonyl (C=O) groups is 4. The number of carbonyl (C=O) groups excluding carboxylic acids is 4. The second-order valence-corrected chi connectivity index (χ2v) is 28.1. The van der Waals surface area contributed by atoms with E-state index in [1.54, 1.807) is 0 Å². The van der Waals surface area contributed by atoms with Crippen LogP contribution in [0, 0.1) is 11.8 Å². The van der Waals surface area contributed by atoms with E-state index in [-0.39, 0.29) is 25.7 Å². The molecule has 0 aromatic rings. The van der Waals surface area contributed by atoms with E-state index in [1.807, 2.05) is 0 Å². The Morgan fingerprint density at radius 2 is 0.535 bits per heavy atom. The molecule has 0 aromatic heterocycles. The van der Waals surface area contributed by atoms with Crippen molar-refractivity contribution in [3.63, 3.8) is 0 Å². The van der Waals surface area contributed by atoms with Gasteiger partial charge in [0.15, 0.2) is 12.2 Å². The Kier molecular flexibility index (Phi) is 58.0. The zero-order valence-electron chi connectivity index (χ0n) is 55.6. The minimum Gasteiger partial charge on any atom is -0.462 e. The molecule has 0 radical (unpaired) electrons. The van der Waals surface area contributed by atoms with Gasteiger partial charge in [-0.1, -0.05) is 286 Å². The highest BCUT2D eigenvalue weighted by Gasteiger charge is 2.30. The Hall–Kier alpha value is -1.94. The number of unbranched alkanes of at least 4 members (excludes halogenated alkanes) is 36. The molecule has 3 N–H and O–H groups in total. The number of phosphoric ester groups is 2. The SMILES string of the molecule is CCCCCCCCCCCCCCCCCCCC(=O)O[C@H](COC(=O)CCCCCCCCCC(C)C)COP(=O)(O)OC[C@@H](O)COP(=O)(O)OC[C@@H](COC(=O)CCCCCCCCC(C)C)OC(=O)CCCCCCCCCCCC.